The van der Waals surface area contributed by atoms with Crippen LogP contribution >= 0.6 is 12.4 Å². The molecule has 2 aromatic carbocycles. The van der Waals surface area contributed by atoms with Gasteiger partial charge >= 0.3 is 0 Å². The molecule has 0 bridgehead atoms. The number of nitrogens with two attached hydrogens (primary N) is 1. The number of nitrogen functional groups attached to an aromatic ring is 1. The lowest BCUT2D eigenvalue weighted by Gasteiger charge is -2.19. The van der Waals surface area contributed by atoms with Crippen LogP contribution in [0, 0.1) is 0 Å². The number of sulfonamides is 1. The highest BCUT2D eigenvalue weighted by atomic mass is 35.5. The molecule has 1 heterocycles. The van der Waals surface area contributed by atoms with Crippen LogP contribution in [0.25, 0.3) is 10.9 Å². The van der Waals surface area contributed by atoms with Crippen LogP contribution in [0.2, 0.25) is 0 Å². The maximum atomic E-state index is 12.5. The lowest BCUT2D eigenvalue weighted by molar-refractivity contribution is 0.356. The van der Waals surface area contributed by atoms with Gasteiger partial charge in [0.15, 0.2) is 11.5 Å². The average molecular weight is 496 g/mol. The predicted molar refractivity (Wildman–Crippen MR) is 133 cm³/mol. The molecule has 9 nitrogen and oxygen atoms in total. The van der Waals surface area contributed by atoms with Gasteiger partial charge in [0.1, 0.15) is 5.82 Å². The molecule has 33 heavy (non-hydrogen) atoms. The first-order chi connectivity index (χ1) is 15.0. The van der Waals surface area contributed by atoms with Gasteiger partial charge in [0, 0.05) is 24.5 Å². The van der Waals surface area contributed by atoms with Crippen LogP contribution in [0.15, 0.2) is 41.3 Å². The summed E-state index contributed by atoms with van der Waals surface area (Å²) in [4.78, 5) is 8.89. The molecule has 0 saturated carbocycles. The summed E-state index contributed by atoms with van der Waals surface area (Å²) in [6.45, 7) is 6.66. The van der Waals surface area contributed by atoms with Crippen molar-refractivity contribution in [2.24, 2.45) is 0 Å². The Morgan fingerprint density at radius 2 is 1.58 bits per heavy atom. The first-order valence-corrected chi connectivity index (χ1v) is 11.6. The van der Waals surface area contributed by atoms with Crippen LogP contribution in [0.5, 0.6) is 11.5 Å². The molecule has 180 valence electrons. The number of rotatable bonds is 8. The van der Waals surface area contributed by atoms with E-state index in [9.17, 15) is 8.42 Å². The Labute approximate surface area is 200 Å². The van der Waals surface area contributed by atoms with Crippen LogP contribution in [-0.2, 0) is 15.4 Å². The highest BCUT2D eigenvalue weighted by Gasteiger charge is 2.17. The summed E-state index contributed by atoms with van der Waals surface area (Å²) in [7, 11) is -0.546. The molecule has 3 rings (SSSR count). The van der Waals surface area contributed by atoms with Gasteiger partial charge in [-0.1, -0.05) is 32.9 Å². The van der Waals surface area contributed by atoms with E-state index in [1.807, 2.05) is 12.1 Å². The largest absolute Gasteiger partial charge is 0.493 e. The smallest absolute Gasteiger partial charge is 0.240 e. The van der Waals surface area contributed by atoms with Crippen molar-refractivity contribution < 1.29 is 17.9 Å². The summed E-state index contributed by atoms with van der Waals surface area (Å²) in [6.07, 6.45) is 0. The second-order valence-corrected chi connectivity index (χ2v) is 10.0. The SMILES string of the molecule is COc1cc2nc(NCCNS(=O)(=O)c3ccc(C(C)(C)C)cc3)nc(N)c2cc1OC.Cl. The van der Waals surface area contributed by atoms with Crippen molar-refractivity contribution in [3.63, 3.8) is 0 Å². The first kappa shape index (κ1) is 26.4. The van der Waals surface area contributed by atoms with E-state index in [0.29, 0.717) is 22.4 Å². The number of nitrogens with zero attached hydrogens (tertiary/aromatic N) is 2. The number of hydrogen-bond donors (Lipinski definition) is 3. The maximum Gasteiger partial charge on any atom is 0.240 e. The zero-order valence-corrected chi connectivity index (χ0v) is 20.9. The molecular formula is C22H30ClN5O4S. The number of ether oxygens (including phenoxy) is 2. The summed E-state index contributed by atoms with van der Waals surface area (Å²) >= 11 is 0. The number of fused-ring (bicyclic) bond motifs is 1. The van der Waals surface area contributed by atoms with Crippen LogP contribution in [0.1, 0.15) is 26.3 Å². The number of methoxy groups -OCH3 is 2. The Kier molecular flexibility index (Phi) is 8.34. The number of hydrogen-bond acceptors (Lipinski definition) is 8. The highest BCUT2D eigenvalue weighted by Crippen LogP contribution is 2.33. The summed E-state index contributed by atoms with van der Waals surface area (Å²) in [5, 5.41) is 3.63. The normalized spacial score (nSPS) is 11.7. The van der Waals surface area contributed by atoms with E-state index in [1.165, 1.54) is 14.2 Å². The molecule has 0 fully saturated rings. The molecule has 1 aromatic heterocycles. The van der Waals surface area contributed by atoms with Crippen LogP contribution in [0.3, 0.4) is 0 Å². The monoisotopic (exact) mass is 495 g/mol. The second kappa shape index (κ2) is 10.4. The molecule has 11 heteroatoms. The van der Waals surface area contributed by atoms with Crippen LogP contribution in [0.4, 0.5) is 11.8 Å². The number of anilines is 2. The minimum Gasteiger partial charge on any atom is -0.493 e. The Hall–Kier alpha value is -2.82. The summed E-state index contributed by atoms with van der Waals surface area (Å²) in [5.41, 5.74) is 7.67. The van der Waals surface area contributed by atoms with E-state index >= 15 is 0 Å². The molecule has 0 aliphatic rings. The van der Waals surface area contributed by atoms with Gasteiger partial charge in [-0.2, -0.15) is 4.98 Å². The summed E-state index contributed by atoms with van der Waals surface area (Å²) in [6, 6.07) is 10.3. The highest BCUT2D eigenvalue weighted by molar-refractivity contribution is 7.89. The maximum absolute atomic E-state index is 12.5. The van der Waals surface area contributed by atoms with Gasteiger partial charge in [0.05, 0.1) is 24.6 Å². The minimum absolute atomic E-state index is 0. The van der Waals surface area contributed by atoms with E-state index in [1.54, 1.807) is 24.3 Å². The van der Waals surface area contributed by atoms with Crippen LogP contribution < -0.4 is 25.2 Å². The number of nitrogens with one attached hydrogen (secondary N) is 2. The lowest BCUT2D eigenvalue weighted by atomic mass is 9.87. The zero-order chi connectivity index (χ0) is 23.5. The lowest BCUT2D eigenvalue weighted by Crippen LogP contribution is -2.29. The van der Waals surface area contributed by atoms with Gasteiger partial charge in [0.2, 0.25) is 16.0 Å². The Balaban J connectivity index is 0.00000385. The fourth-order valence-electron chi connectivity index (χ4n) is 3.14. The average Bonchev–Trinajstić information content (AvgIpc) is 2.75. The van der Waals surface area contributed by atoms with E-state index in [0.717, 1.165) is 5.56 Å². The molecule has 3 aromatic rings. The van der Waals surface area contributed by atoms with Crippen molar-refractivity contribution in [3.8, 4) is 11.5 Å². The third kappa shape index (κ3) is 6.16. The molecule has 0 unspecified atom stereocenters. The molecule has 0 saturated heterocycles. The third-order valence-corrected chi connectivity index (χ3v) is 6.44. The molecule has 0 atom stereocenters. The minimum atomic E-state index is -3.62. The van der Waals surface area contributed by atoms with Gasteiger partial charge in [-0.15, -0.1) is 12.4 Å². The van der Waals surface area contributed by atoms with E-state index in [4.69, 9.17) is 15.2 Å². The topological polar surface area (TPSA) is 128 Å². The van der Waals surface area contributed by atoms with Crippen molar-refractivity contribution in [1.82, 2.24) is 14.7 Å². The Bertz CT molecular complexity index is 1210. The van der Waals surface area contributed by atoms with Crippen LogP contribution in [-0.4, -0.2) is 45.7 Å². The summed E-state index contributed by atoms with van der Waals surface area (Å²) < 4.78 is 38.3. The van der Waals surface area contributed by atoms with Gasteiger partial charge in [-0.3, -0.25) is 0 Å². The molecule has 0 aliphatic carbocycles. The van der Waals surface area contributed by atoms with E-state index < -0.39 is 10.0 Å². The number of benzene rings is 2. The zero-order valence-electron chi connectivity index (χ0n) is 19.3. The van der Waals surface area contributed by atoms with Gasteiger partial charge in [0.25, 0.3) is 0 Å². The first-order valence-electron chi connectivity index (χ1n) is 10.1. The molecule has 0 radical (unpaired) electrons. The van der Waals surface area contributed by atoms with Gasteiger partial charge < -0.3 is 20.5 Å². The fourth-order valence-corrected chi connectivity index (χ4v) is 4.17. The van der Waals surface area contributed by atoms with Crippen molar-refractivity contribution in [3.05, 3.63) is 42.0 Å². The van der Waals surface area contributed by atoms with Gasteiger partial charge in [-0.05, 0) is 29.2 Å². The molecule has 4 N–H and O–H groups in total. The quantitative estimate of drug-likeness (QED) is 0.406. The third-order valence-electron chi connectivity index (χ3n) is 4.96. The molecule has 0 aliphatic heterocycles. The second-order valence-electron chi connectivity index (χ2n) is 8.26. The molecule has 0 spiro atoms. The van der Waals surface area contributed by atoms with Gasteiger partial charge in [-0.25, -0.2) is 18.1 Å². The molecular weight excluding hydrogens is 466 g/mol. The van der Waals surface area contributed by atoms with Crippen molar-refractivity contribution >= 4 is 45.1 Å². The Morgan fingerprint density at radius 1 is 0.970 bits per heavy atom. The molecule has 0 amide bonds. The van der Waals surface area contributed by atoms with E-state index in [2.05, 4.69) is 40.8 Å². The van der Waals surface area contributed by atoms with Crippen molar-refractivity contribution in [1.29, 1.82) is 0 Å². The van der Waals surface area contributed by atoms with Crippen molar-refractivity contribution in [2.75, 3.05) is 38.4 Å². The number of halogens is 1. The summed E-state index contributed by atoms with van der Waals surface area (Å²) in [5.74, 6) is 1.61. The fraction of sp³-hybridized carbons (Fsp3) is 0.364. The van der Waals surface area contributed by atoms with Crippen molar-refractivity contribution in [2.45, 2.75) is 31.1 Å². The predicted octanol–water partition coefficient (Wildman–Crippen LogP) is 3.34. The number of aromatic nitrogens is 2. The standard InChI is InChI=1S/C22H29N5O4S.ClH/c1-22(2,3)14-6-8-15(9-7-14)32(28,29)25-11-10-24-21-26-17-13-19(31-5)18(30-4)12-16(17)20(23)27-21;/h6-9,12-13,25H,10-11H2,1-5H3,(H3,23,24,26,27);1H. The Morgan fingerprint density at radius 3 is 2.15 bits per heavy atom. The van der Waals surface area contributed by atoms with E-state index in [-0.39, 0.29) is 47.6 Å².